The average molecular weight is 565 g/mol. The number of ketones is 1. The van der Waals surface area contributed by atoms with Crippen molar-refractivity contribution >= 4 is 16.9 Å². The maximum Gasteiger partial charge on any atom is 0.330 e. The Kier molecular flexibility index (Phi) is 6.57. The van der Waals surface area contributed by atoms with Crippen molar-refractivity contribution in [1.82, 2.24) is 29.2 Å². The van der Waals surface area contributed by atoms with Crippen LogP contribution < -0.4 is 10.4 Å². The largest absolute Gasteiger partial charge is 0.471 e. The first kappa shape index (κ1) is 26.8. The first-order valence-electron chi connectivity index (χ1n) is 15.3. The molecule has 1 spiro atoms. The molecule has 3 fully saturated rings. The minimum Gasteiger partial charge on any atom is -0.471 e. The van der Waals surface area contributed by atoms with Crippen molar-refractivity contribution < 1.29 is 18.8 Å². The molecule has 0 aromatic carbocycles. The van der Waals surface area contributed by atoms with Crippen LogP contribution in [0.2, 0.25) is 0 Å². The number of likely N-dealkylation sites (N-methyl/N-ethyl adjacent to an activating group) is 1. The fraction of sp³-hybridized carbons (Fsp3) is 0.700. The van der Waals surface area contributed by atoms with E-state index in [1.165, 1.54) is 0 Å². The number of ether oxygens (including phenoxy) is 2. The molecule has 2 saturated heterocycles. The van der Waals surface area contributed by atoms with Crippen molar-refractivity contribution in [2.45, 2.75) is 108 Å². The molecule has 0 radical (unpaired) electrons. The van der Waals surface area contributed by atoms with E-state index >= 15 is 0 Å². The molecule has 0 unspecified atom stereocenters. The summed E-state index contributed by atoms with van der Waals surface area (Å²) in [6.07, 6.45) is 8.56. The molecule has 0 bridgehead atoms. The van der Waals surface area contributed by atoms with Gasteiger partial charge in [0.1, 0.15) is 11.9 Å². The number of aromatic nitrogens is 5. The number of rotatable bonds is 5. The second-order valence-corrected chi connectivity index (χ2v) is 12.7. The van der Waals surface area contributed by atoms with Gasteiger partial charge in [-0.1, -0.05) is 11.6 Å². The van der Waals surface area contributed by atoms with Crippen molar-refractivity contribution in [1.29, 1.82) is 0 Å². The Bertz CT molecular complexity index is 1560. The van der Waals surface area contributed by atoms with Gasteiger partial charge in [-0.25, -0.2) is 9.78 Å². The third-order valence-electron chi connectivity index (χ3n) is 10.1. The summed E-state index contributed by atoms with van der Waals surface area (Å²) in [5.41, 5.74) is 1.80. The van der Waals surface area contributed by atoms with E-state index < -0.39 is 5.41 Å². The molecule has 220 valence electrons. The van der Waals surface area contributed by atoms with Crippen LogP contribution >= 0.6 is 0 Å². The standard InChI is InChI=1S/C30H40N6O5/c1-17-15-19(16-39-17)36-27-24(35(4)29(36)38)28(40-18(2)21-10-8-14-34(21)3)32-26(31-27)23-20-9-7-13-30(25(20)41-33-23)12-6-5-11-22(30)37/h17-19,21H,5-16H2,1-4H3/t17-,18-,19+,21-,30+/m0/s1. The highest BCUT2D eigenvalue weighted by atomic mass is 16.5. The lowest BCUT2D eigenvalue weighted by atomic mass is 9.64. The fourth-order valence-electron chi connectivity index (χ4n) is 7.88. The summed E-state index contributed by atoms with van der Waals surface area (Å²) in [5.74, 6) is 1.70. The van der Waals surface area contributed by atoms with Crippen LogP contribution in [-0.2, 0) is 28.4 Å². The van der Waals surface area contributed by atoms with Gasteiger partial charge in [0.2, 0.25) is 5.88 Å². The zero-order valence-corrected chi connectivity index (χ0v) is 24.5. The van der Waals surface area contributed by atoms with E-state index in [1.807, 2.05) is 6.92 Å². The fourth-order valence-corrected chi connectivity index (χ4v) is 7.88. The van der Waals surface area contributed by atoms with E-state index in [0.29, 0.717) is 47.4 Å². The highest BCUT2D eigenvalue weighted by molar-refractivity contribution is 5.91. The Hall–Kier alpha value is -3.05. The molecule has 3 aromatic rings. The Balaban J connectivity index is 1.39. The monoisotopic (exact) mass is 564 g/mol. The van der Waals surface area contributed by atoms with Gasteiger partial charge in [-0.15, -0.1) is 0 Å². The molecule has 3 aromatic heterocycles. The summed E-state index contributed by atoms with van der Waals surface area (Å²) < 4.78 is 21.8. The van der Waals surface area contributed by atoms with Crippen LogP contribution in [0, 0.1) is 0 Å². The van der Waals surface area contributed by atoms with Gasteiger partial charge in [0, 0.05) is 25.1 Å². The number of aryl methyl sites for hydroxylation is 1. The van der Waals surface area contributed by atoms with Crippen LogP contribution in [0.4, 0.5) is 0 Å². The number of likely N-dealkylation sites (tertiary alicyclic amines) is 1. The molecule has 0 amide bonds. The molecule has 4 aliphatic rings. The molecule has 7 rings (SSSR count). The molecule has 5 heterocycles. The number of imidazole rings is 1. The van der Waals surface area contributed by atoms with Crippen molar-refractivity contribution in [2.24, 2.45) is 7.05 Å². The average Bonchev–Trinajstić information content (AvgIpc) is 3.73. The molecule has 41 heavy (non-hydrogen) atoms. The Morgan fingerprint density at radius 3 is 2.63 bits per heavy atom. The van der Waals surface area contributed by atoms with E-state index in [2.05, 4.69) is 24.0 Å². The van der Waals surface area contributed by atoms with Crippen molar-refractivity contribution in [3.8, 4) is 17.4 Å². The number of Topliss-reactive ketones (excluding diaryl/α,β-unsaturated/α-hetero) is 1. The molecule has 11 heteroatoms. The van der Waals surface area contributed by atoms with Gasteiger partial charge < -0.3 is 14.0 Å². The van der Waals surface area contributed by atoms with Crippen molar-refractivity contribution in [3.63, 3.8) is 0 Å². The third kappa shape index (κ3) is 4.18. The lowest BCUT2D eigenvalue weighted by molar-refractivity contribution is -0.128. The molecular weight excluding hydrogens is 524 g/mol. The summed E-state index contributed by atoms with van der Waals surface area (Å²) >= 11 is 0. The molecule has 11 nitrogen and oxygen atoms in total. The summed E-state index contributed by atoms with van der Waals surface area (Å²) in [6, 6.07) is 0.119. The molecule has 5 atom stereocenters. The molecule has 2 aliphatic carbocycles. The molecule has 2 aliphatic heterocycles. The zero-order chi connectivity index (χ0) is 28.5. The van der Waals surface area contributed by atoms with Crippen LogP contribution in [0.3, 0.4) is 0 Å². The quantitative estimate of drug-likeness (QED) is 0.457. The first-order chi connectivity index (χ1) is 19.8. The second kappa shape index (κ2) is 10.0. The minimum atomic E-state index is -0.589. The SMILES string of the molecule is C[C@H](Oc1nc(-c2noc3c2CCC[C@@]32CCCCC2=O)nc2c1n(C)c(=O)n2[C@H]1CO[C@@H](C)C1)[C@@H]1CCCN1C. The maximum atomic E-state index is 13.7. The zero-order valence-electron chi connectivity index (χ0n) is 24.5. The van der Waals surface area contributed by atoms with Gasteiger partial charge in [-0.3, -0.25) is 18.8 Å². The highest BCUT2D eigenvalue weighted by Crippen LogP contribution is 2.47. The summed E-state index contributed by atoms with van der Waals surface area (Å²) in [4.78, 5) is 39.2. The van der Waals surface area contributed by atoms with Gasteiger partial charge in [-0.05, 0) is 78.8 Å². The Morgan fingerprint density at radius 2 is 1.90 bits per heavy atom. The van der Waals surface area contributed by atoms with Crippen molar-refractivity contribution in [2.75, 3.05) is 20.2 Å². The van der Waals surface area contributed by atoms with Crippen molar-refractivity contribution in [3.05, 3.63) is 21.8 Å². The van der Waals surface area contributed by atoms with Gasteiger partial charge in [0.25, 0.3) is 0 Å². The number of hydrogen-bond acceptors (Lipinski definition) is 9. The lowest BCUT2D eigenvalue weighted by Crippen LogP contribution is -2.41. The van der Waals surface area contributed by atoms with Crippen LogP contribution in [-0.4, -0.2) is 73.4 Å². The van der Waals surface area contributed by atoms with Crippen LogP contribution in [0.25, 0.3) is 22.7 Å². The lowest BCUT2D eigenvalue weighted by Gasteiger charge is -2.36. The first-order valence-corrected chi connectivity index (χ1v) is 15.3. The predicted octanol–water partition coefficient (Wildman–Crippen LogP) is 3.71. The number of fused-ring (bicyclic) bond motifs is 3. The van der Waals surface area contributed by atoms with E-state index in [-0.39, 0.29) is 35.8 Å². The summed E-state index contributed by atoms with van der Waals surface area (Å²) in [5, 5.41) is 4.50. The second-order valence-electron chi connectivity index (χ2n) is 12.7. The van der Waals surface area contributed by atoms with Crippen LogP contribution in [0.1, 0.15) is 89.0 Å². The van der Waals surface area contributed by atoms with Crippen LogP contribution in [0.15, 0.2) is 9.32 Å². The minimum absolute atomic E-state index is 0.0592. The van der Waals surface area contributed by atoms with E-state index in [4.69, 9.17) is 24.0 Å². The third-order valence-corrected chi connectivity index (χ3v) is 10.1. The predicted molar refractivity (Wildman–Crippen MR) is 151 cm³/mol. The Labute approximate surface area is 239 Å². The molecule has 0 N–H and O–H groups in total. The Morgan fingerprint density at radius 1 is 1.07 bits per heavy atom. The number of hydrogen-bond donors (Lipinski definition) is 0. The van der Waals surface area contributed by atoms with Gasteiger partial charge in [0.05, 0.1) is 24.2 Å². The van der Waals surface area contributed by atoms with Gasteiger partial charge in [0.15, 0.2) is 28.4 Å². The van der Waals surface area contributed by atoms with E-state index in [1.54, 1.807) is 16.2 Å². The highest BCUT2D eigenvalue weighted by Gasteiger charge is 2.48. The van der Waals surface area contributed by atoms with Gasteiger partial charge in [-0.2, -0.15) is 4.98 Å². The van der Waals surface area contributed by atoms with Gasteiger partial charge >= 0.3 is 5.69 Å². The normalized spacial score (nSPS) is 29.5. The topological polar surface area (TPSA) is 118 Å². The smallest absolute Gasteiger partial charge is 0.330 e. The van der Waals surface area contributed by atoms with Crippen LogP contribution in [0.5, 0.6) is 5.88 Å². The molecular formula is C30H40N6O5. The number of carbonyl (C=O) groups excluding carboxylic acids is 1. The van der Waals surface area contributed by atoms with E-state index in [9.17, 15) is 9.59 Å². The molecule has 1 saturated carbocycles. The summed E-state index contributed by atoms with van der Waals surface area (Å²) in [7, 11) is 3.87. The van der Waals surface area contributed by atoms with E-state index in [0.717, 1.165) is 69.9 Å². The summed E-state index contributed by atoms with van der Waals surface area (Å²) in [6.45, 7) is 5.57. The number of carbonyl (C=O) groups is 1. The number of nitrogens with zero attached hydrogens (tertiary/aromatic N) is 6. The maximum absolute atomic E-state index is 13.7.